The van der Waals surface area contributed by atoms with Gasteiger partial charge in [0, 0.05) is 23.7 Å². The van der Waals surface area contributed by atoms with Crippen LogP contribution in [0.4, 0.5) is 28.9 Å². The number of rotatable bonds is 7. The van der Waals surface area contributed by atoms with Gasteiger partial charge in [-0.25, -0.2) is 17.9 Å². The molecule has 0 radical (unpaired) electrons. The molecule has 1 aliphatic heterocycles. The van der Waals surface area contributed by atoms with E-state index >= 15 is 0 Å². The van der Waals surface area contributed by atoms with Gasteiger partial charge in [-0.2, -0.15) is 13.2 Å². The van der Waals surface area contributed by atoms with Crippen molar-refractivity contribution in [2.24, 2.45) is 5.14 Å². The van der Waals surface area contributed by atoms with Crippen molar-refractivity contribution in [1.82, 2.24) is 9.47 Å². The fraction of sp³-hybridized carbons (Fsp3) is 0.385. The number of likely N-dealkylation sites (N-methyl/N-ethyl adjacent to an activating group) is 1. The molecule has 2 heterocycles. The summed E-state index contributed by atoms with van der Waals surface area (Å²) < 4.78 is 84.8. The first-order chi connectivity index (χ1) is 18.7. The zero-order valence-corrected chi connectivity index (χ0v) is 22.5. The van der Waals surface area contributed by atoms with Crippen LogP contribution in [0.15, 0.2) is 47.4 Å². The maximum absolute atomic E-state index is 14.9. The predicted octanol–water partition coefficient (Wildman–Crippen LogP) is 3.10. The minimum atomic E-state index is -4.53. The van der Waals surface area contributed by atoms with E-state index in [2.05, 4.69) is 22.5 Å². The molecule has 0 aliphatic carbocycles. The number of aliphatic hydroxyl groups is 1. The summed E-state index contributed by atoms with van der Waals surface area (Å²) in [5.74, 6) is 3.21. The van der Waals surface area contributed by atoms with Crippen LogP contribution in [0.2, 0.25) is 0 Å². The predicted molar refractivity (Wildman–Crippen MR) is 143 cm³/mol. The number of β-amino-alcohol motifs (C(OH)–C–C–N with tert-alkyl or cyclic N) is 1. The van der Waals surface area contributed by atoms with Crippen LogP contribution >= 0.6 is 0 Å². The Morgan fingerprint density at radius 2 is 1.98 bits per heavy atom. The van der Waals surface area contributed by atoms with Gasteiger partial charge in [0.1, 0.15) is 12.3 Å². The van der Waals surface area contributed by atoms with Gasteiger partial charge in [0.2, 0.25) is 15.9 Å². The van der Waals surface area contributed by atoms with Gasteiger partial charge in [-0.1, -0.05) is 12.0 Å². The minimum Gasteiger partial charge on any atom is -0.495 e. The van der Waals surface area contributed by atoms with E-state index in [1.165, 1.54) is 37.4 Å². The van der Waals surface area contributed by atoms with Gasteiger partial charge in [0.15, 0.2) is 0 Å². The van der Waals surface area contributed by atoms with Crippen LogP contribution in [0.1, 0.15) is 12.1 Å². The third-order valence-corrected chi connectivity index (χ3v) is 7.43. The fourth-order valence-electron chi connectivity index (χ4n) is 4.64. The van der Waals surface area contributed by atoms with Gasteiger partial charge in [0.05, 0.1) is 48.0 Å². The van der Waals surface area contributed by atoms with Crippen molar-refractivity contribution in [3.8, 4) is 17.6 Å². The number of alkyl halides is 4. The highest BCUT2D eigenvalue weighted by atomic mass is 32.2. The highest BCUT2D eigenvalue weighted by Crippen LogP contribution is 2.33. The van der Waals surface area contributed by atoms with Crippen molar-refractivity contribution in [2.45, 2.75) is 35.9 Å². The molecule has 0 saturated carbocycles. The lowest BCUT2D eigenvalue weighted by atomic mass is 9.99. The summed E-state index contributed by atoms with van der Waals surface area (Å²) in [7, 11) is -0.909. The lowest BCUT2D eigenvalue weighted by Gasteiger charge is -2.39. The number of benzene rings is 2. The number of fused-ring (bicyclic) bond motifs is 1. The number of ether oxygens (including phenoxy) is 1. The van der Waals surface area contributed by atoms with Gasteiger partial charge in [-0.15, -0.1) is 0 Å². The Morgan fingerprint density at radius 1 is 1.23 bits per heavy atom. The van der Waals surface area contributed by atoms with E-state index in [9.17, 15) is 31.1 Å². The summed E-state index contributed by atoms with van der Waals surface area (Å²) in [6.45, 7) is -0.959. The van der Waals surface area contributed by atoms with Crippen molar-refractivity contribution in [3.63, 3.8) is 0 Å². The molecule has 1 aromatic heterocycles. The van der Waals surface area contributed by atoms with Gasteiger partial charge < -0.3 is 29.9 Å². The summed E-state index contributed by atoms with van der Waals surface area (Å²) in [5, 5.41) is 21.7. The quantitative estimate of drug-likeness (QED) is 0.249. The second kappa shape index (κ2) is 11.2. The Morgan fingerprint density at radius 3 is 2.62 bits per heavy atom. The lowest BCUT2D eigenvalue weighted by Crippen LogP contribution is -2.55. The SMILES string of the molecule is COc1cc(S(N)(=O)=O)ccc1NCC#Cc1cc2c(N[C@H]3CCN(C)C[C@@]3(O)F)cccc2n1CC(F)(F)F. The first kappa shape index (κ1) is 29.5. The van der Waals surface area contributed by atoms with E-state index in [1.807, 2.05) is 0 Å². The first-order valence-electron chi connectivity index (χ1n) is 12.2. The molecule has 3 aromatic rings. The van der Waals surface area contributed by atoms with Gasteiger partial charge in [-0.3, -0.25) is 0 Å². The molecule has 0 bridgehead atoms. The number of methoxy groups -OCH3 is 1. The molecule has 0 spiro atoms. The molecule has 14 heteroatoms. The minimum absolute atomic E-state index is 0.00575. The Hall–Kier alpha value is -3.51. The molecule has 1 saturated heterocycles. The molecule has 4 rings (SSSR count). The third kappa shape index (κ3) is 6.79. The van der Waals surface area contributed by atoms with E-state index < -0.39 is 34.6 Å². The summed E-state index contributed by atoms with van der Waals surface area (Å²) in [6, 6.07) is 9.19. The average Bonchev–Trinajstić information content (AvgIpc) is 3.19. The lowest BCUT2D eigenvalue weighted by molar-refractivity contribution is -0.140. The number of nitrogens with two attached hydrogens (primary N) is 1. The Bertz CT molecular complexity index is 1560. The number of halogens is 4. The fourth-order valence-corrected chi connectivity index (χ4v) is 5.17. The number of sulfonamides is 1. The maximum Gasteiger partial charge on any atom is 0.406 e. The number of hydrogen-bond donors (Lipinski definition) is 4. The Labute approximate surface area is 228 Å². The van der Waals surface area contributed by atoms with E-state index in [0.29, 0.717) is 29.7 Å². The third-order valence-electron chi connectivity index (χ3n) is 6.52. The summed E-state index contributed by atoms with van der Waals surface area (Å²) >= 11 is 0. The van der Waals surface area contributed by atoms with Crippen molar-refractivity contribution in [3.05, 3.63) is 48.2 Å². The van der Waals surface area contributed by atoms with Gasteiger partial charge in [0.25, 0.3) is 0 Å². The molecule has 1 fully saturated rings. The molecule has 216 valence electrons. The smallest absolute Gasteiger partial charge is 0.406 e. The normalized spacial score (nSPS) is 20.1. The second-order valence-corrected chi connectivity index (χ2v) is 11.1. The molecule has 9 nitrogen and oxygen atoms in total. The number of hydrogen-bond acceptors (Lipinski definition) is 7. The number of primary sulfonamides is 1. The van der Waals surface area contributed by atoms with Crippen molar-refractivity contribution < 1.29 is 35.8 Å². The van der Waals surface area contributed by atoms with Crippen molar-refractivity contribution in [1.29, 1.82) is 0 Å². The molecule has 0 unspecified atom stereocenters. The maximum atomic E-state index is 14.9. The largest absolute Gasteiger partial charge is 0.495 e. The van der Waals surface area contributed by atoms with Crippen LogP contribution in [-0.4, -0.2) is 74.9 Å². The highest BCUT2D eigenvalue weighted by molar-refractivity contribution is 7.89. The molecule has 40 heavy (non-hydrogen) atoms. The number of piperidine rings is 1. The molecule has 5 N–H and O–H groups in total. The van der Waals surface area contributed by atoms with Crippen LogP contribution in [-0.2, 0) is 16.6 Å². The van der Waals surface area contributed by atoms with E-state index in [-0.39, 0.29) is 34.9 Å². The topological polar surface area (TPSA) is 122 Å². The molecule has 2 aromatic carbocycles. The summed E-state index contributed by atoms with van der Waals surface area (Å²) in [4.78, 5) is 1.51. The number of nitrogens with zero attached hydrogens (tertiary/aromatic N) is 2. The van der Waals surface area contributed by atoms with Crippen LogP contribution in [0.25, 0.3) is 10.9 Å². The van der Waals surface area contributed by atoms with E-state index in [1.54, 1.807) is 24.1 Å². The Balaban J connectivity index is 1.62. The molecule has 0 amide bonds. The van der Waals surface area contributed by atoms with Crippen LogP contribution < -0.4 is 20.5 Å². The van der Waals surface area contributed by atoms with Crippen molar-refractivity contribution in [2.75, 3.05) is 44.4 Å². The van der Waals surface area contributed by atoms with Crippen LogP contribution in [0.3, 0.4) is 0 Å². The van der Waals surface area contributed by atoms with Gasteiger partial charge in [-0.05, 0) is 49.7 Å². The van der Waals surface area contributed by atoms with Crippen LogP contribution in [0.5, 0.6) is 5.75 Å². The number of aromatic nitrogens is 1. The number of likely N-dealkylation sites (tertiary alicyclic amines) is 1. The van der Waals surface area contributed by atoms with E-state index in [4.69, 9.17) is 9.88 Å². The molecular formula is C26H29F4N5O4S. The Kier molecular flexibility index (Phi) is 8.23. The molecule has 2 atom stereocenters. The first-order valence-corrected chi connectivity index (χ1v) is 13.7. The highest BCUT2D eigenvalue weighted by Gasteiger charge is 2.41. The summed E-state index contributed by atoms with van der Waals surface area (Å²) in [5.41, 5.74) is 1.11. The second-order valence-electron chi connectivity index (χ2n) is 9.57. The van der Waals surface area contributed by atoms with Gasteiger partial charge >= 0.3 is 6.18 Å². The molecule has 1 aliphatic rings. The monoisotopic (exact) mass is 583 g/mol. The number of nitrogens with one attached hydrogen (secondary N) is 2. The standard InChI is InChI=1S/C26H29F4N5O4S/c1-34-12-10-24(25(27,36)15-34)33-20-6-3-7-22-19(20)13-17(35(22)16-26(28,29)30)5-4-11-32-21-9-8-18(40(31,37)38)14-23(21)39-2/h3,6-9,13-14,24,32-33,36H,10-12,15-16H2,1-2H3,(H2,31,37,38)/t24-,25-/m0/s1. The number of anilines is 2. The molecular weight excluding hydrogens is 554 g/mol. The summed E-state index contributed by atoms with van der Waals surface area (Å²) in [6.07, 6.45) is -4.24. The van der Waals surface area contributed by atoms with Crippen LogP contribution in [0, 0.1) is 11.8 Å². The average molecular weight is 584 g/mol. The zero-order chi connectivity index (χ0) is 29.3. The van der Waals surface area contributed by atoms with Crippen molar-refractivity contribution >= 4 is 32.3 Å². The zero-order valence-electron chi connectivity index (χ0n) is 21.7. The van der Waals surface area contributed by atoms with E-state index in [0.717, 1.165) is 4.57 Å².